The second kappa shape index (κ2) is 8.38. The minimum Gasteiger partial charge on any atom is -0.478 e. The molecule has 0 bridgehead atoms. The topological polar surface area (TPSA) is 83.0 Å². The van der Waals surface area contributed by atoms with Gasteiger partial charge in [-0.05, 0) is 45.7 Å². The zero-order chi connectivity index (χ0) is 19.3. The molecule has 2 heterocycles. The Labute approximate surface area is 155 Å². The van der Waals surface area contributed by atoms with Crippen LogP contribution in [0.3, 0.4) is 0 Å². The third-order valence-corrected chi connectivity index (χ3v) is 4.09. The van der Waals surface area contributed by atoms with Crippen LogP contribution < -0.4 is 4.90 Å². The highest BCUT2D eigenvalue weighted by Gasteiger charge is 2.25. The minimum atomic E-state index is -0.948. The summed E-state index contributed by atoms with van der Waals surface area (Å²) in [5.41, 5.74) is 0.525. The molecular weight excluding hydrogens is 334 g/mol. The van der Waals surface area contributed by atoms with Gasteiger partial charge < -0.3 is 19.6 Å². The van der Waals surface area contributed by atoms with Crippen LogP contribution in [0.5, 0.6) is 0 Å². The standard InChI is InChI=1S/C19H29N3O4/c1-5-7-15-12-14(17(23)24)13-16(20-15)21-8-6-9-22(11-10-21)18(25)26-19(2,3)4/h12-13H,5-11H2,1-4H3,(H,23,24). The molecule has 1 amide bonds. The van der Waals surface area contributed by atoms with Crippen molar-refractivity contribution in [2.75, 3.05) is 31.1 Å². The number of carbonyl (C=O) groups is 2. The number of anilines is 1. The van der Waals surface area contributed by atoms with E-state index in [0.29, 0.717) is 25.5 Å². The first kappa shape index (κ1) is 20.0. The van der Waals surface area contributed by atoms with Crippen LogP contribution in [0.25, 0.3) is 0 Å². The molecule has 1 aromatic rings. The first-order valence-electron chi connectivity index (χ1n) is 9.16. The molecule has 26 heavy (non-hydrogen) atoms. The second-order valence-corrected chi connectivity index (χ2v) is 7.57. The van der Waals surface area contributed by atoms with E-state index in [-0.39, 0.29) is 11.7 Å². The van der Waals surface area contributed by atoms with Crippen LogP contribution in [0.2, 0.25) is 0 Å². The van der Waals surface area contributed by atoms with E-state index in [2.05, 4.69) is 9.88 Å². The largest absolute Gasteiger partial charge is 0.478 e. The van der Waals surface area contributed by atoms with Crippen molar-refractivity contribution in [3.8, 4) is 0 Å². The van der Waals surface area contributed by atoms with Gasteiger partial charge in [0.1, 0.15) is 11.4 Å². The number of aromatic carboxylic acids is 1. The van der Waals surface area contributed by atoms with Gasteiger partial charge in [-0.1, -0.05) is 13.3 Å². The Kier molecular flexibility index (Phi) is 6.45. The average Bonchev–Trinajstić information content (AvgIpc) is 2.79. The van der Waals surface area contributed by atoms with Gasteiger partial charge in [-0.3, -0.25) is 0 Å². The molecule has 1 fully saturated rings. The lowest BCUT2D eigenvalue weighted by Crippen LogP contribution is -2.39. The van der Waals surface area contributed by atoms with Crippen LogP contribution in [-0.2, 0) is 11.2 Å². The summed E-state index contributed by atoms with van der Waals surface area (Å²) in [6, 6.07) is 3.25. The molecule has 1 aliphatic rings. The number of rotatable bonds is 4. The Bertz CT molecular complexity index is 655. The van der Waals surface area contributed by atoms with Gasteiger partial charge in [0.15, 0.2) is 0 Å². The quantitative estimate of drug-likeness (QED) is 0.885. The van der Waals surface area contributed by atoms with Gasteiger partial charge in [-0.2, -0.15) is 0 Å². The lowest BCUT2D eigenvalue weighted by Gasteiger charge is -2.26. The van der Waals surface area contributed by atoms with Crippen molar-refractivity contribution in [1.29, 1.82) is 0 Å². The molecule has 1 N–H and O–H groups in total. The van der Waals surface area contributed by atoms with Crippen molar-refractivity contribution in [1.82, 2.24) is 9.88 Å². The predicted molar refractivity (Wildman–Crippen MR) is 99.8 cm³/mol. The Morgan fingerprint density at radius 2 is 1.92 bits per heavy atom. The Balaban J connectivity index is 2.13. The monoisotopic (exact) mass is 363 g/mol. The van der Waals surface area contributed by atoms with Gasteiger partial charge >= 0.3 is 12.1 Å². The zero-order valence-electron chi connectivity index (χ0n) is 16.1. The third-order valence-electron chi connectivity index (χ3n) is 4.09. The highest BCUT2D eigenvalue weighted by Crippen LogP contribution is 2.19. The van der Waals surface area contributed by atoms with Crippen LogP contribution in [0.4, 0.5) is 10.6 Å². The SMILES string of the molecule is CCCc1cc(C(=O)O)cc(N2CCCN(C(=O)OC(C)(C)C)CC2)n1. The van der Waals surface area contributed by atoms with Crippen molar-refractivity contribution in [3.05, 3.63) is 23.4 Å². The summed E-state index contributed by atoms with van der Waals surface area (Å²) in [6.07, 6.45) is 2.12. The molecule has 0 radical (unpaired) electrons. The fourth-order valence-electron chi connectivity index (χ4n) is 2.90. The van der Waals surface area contributed by atoms with E-state index in [1.807, 2.05) is 27.7 Å². The van der Waals surface area contributed by atoms with Crippen molar-refractivity contribution in [2.24, 2.45) is 0 Å². The molecule has 144 valence electrons. The van der Waals surface area contributed by atoms with E-state index in [1.165, 1.54) is 0 Å². The molecule has 7 heteroatoms. The Morgan fingerprint density at radius 1 is 1.19 bits per heavy atom. The van der Waals surface area contributed by atoms with Gasteiger partial charge in [0.2, 0.25) is 0 Å². The molecule has 1 saturated heterocycles. The van der Waals surface area contributed by atoms with Crippen molar-refractivity contribution in [2.45, 2.75) is 52.6 Å². The molecule has 0 aromatic carbocycles. The maximum atomic E-state index is 12.3. The van der Waals surface area contributed by atoms with E-state index in [9.17, 15) is 14.7 Å². The molecule has 0 saturated carbocycles. The van der Waals surface area contributed by atoms with E-state index in [4.69, 9.17) is 4.74 Å². The van der Waals surface area contributed by atoms with Crippen LogP contribution in [0.15, 0.2) is 12.1 Å². The number of aryl methyl sites for hydroxylation is 1. The number of aromatic nitrogens is 1. The summed E-state index contributed by atoms with van der Waals surface area (Å²) < 4.78 is 5.45. The van der Waals surface area contributed by atoms with E-state index in [0.717, 1.165) is 31.5 Å². The molecular formula is C19H29N3O4. The normalized spacial score (nSPS) is 15.5. The fraction of sp³-hybridized carbons (Fsp3) is 0.632. The maximum absolute atomic E-state index is 12.3. The van der Waals surface area contributed by atoms with Crippen molar-refractivity contribution < 1.29 is 19.4 Å². The summed E-state index contributed by atoms with van der Waals surface area (Å²) in [5.74, 6) is -0.282. The Hall–Kier alpha value is -2.31. The highest BCUT2D eigenvalue weighted by atomic mass is 16.6. The number of pyridine rings is 1. The summed E-state index contributed by atoms with van der Waals surface area (Å²) in [4.78, 5) is 32.1. The first-order valence-corrected chi connectivity index (χ1v) is 9.16. The van der Waals surface area contributed by atoms with Gasteiger partial charge in [0, 0.05) is 31.9 Å². The number of nitrogens with zero attached hydrogens (tertiary/aromatic N) is 3. The van der Waals surface area contributed by atoms with Crippen LogP contribution in [0.1, 0.15) is 56.6 Å². The smallest absolute Gasteiger partial charge is 0.410 e. The first-order chi connectivity index (χ1) is 12.2. The molecule has 7 nitrogen and oxygen atoms in total. The van der Waals surface area contributed by atoms with Gasteiger partial charge in [0.05, 0.1) is 5.56 Å². The van der Waals surface area contributed by atoms with Gasteiger partial charge in [0.25, 0.3) is 0 Å². The fourth-order valence-corrected chi connectivity index (χ4v) is 2.90. The van der Waals surface area contributed by atoms with Gasteiger partial charge in [-0.15, -0.1) is 0 Å². The van der Waals surface area contributed by atoms with Crippen molar-refractivity contribution in [3.63, 3.8) is 0 Å². The third kappa shape index (κ3) is 5.61. The molecule has 0 unspecified atom stereocenters. The number of carboxylic acids is 1. The molecule has 2 rings (SSSR count). The number of carboxylic acid groups (broad SMARTS) is 1. The number of hydrogen-bond donors (Lipinski definition) is 1. The molecule has 1 aliphatic heterocycles. The van der Waals surface area contributed by atoms with E-state index in [1.54, 1.807) is 17.0 Å². The molecule has 0 aliphatic carbocycles. The summed E-state index contributed by atoms with van der Waals surface area (Å²) in [6.45, 7) is 10.1. The molecule has 0 atom stereocenters. The predicted octanol–water partition coefficient (Wildman–Crippen LogP) is 3.18. The van der Waals surface area contributed by atoms with Crippen LogP contribution >= 0.6 is 0 Å². The summed E-state index contributed by atoms with van der Waals surface area (Å²) >= 11 is 0. The summed E-state index contributed by atoms with van der Waals surface area (Å²) in [7, 11) is 0. The number of amides is 1. The lowest BCUT2D eigenvalue weighted by atomic mass is 10.1. The molecule has 0 spiro atoms. The van der Waals surface area contributed by atoms with E-state index >= 15 is 0 Å². The number of ether oxygens (including phenoxy) is 1. The van der Waals surface area contributed by atoms with Crippen LogP contribution in [0, 0.1) is 0 Å². The molecule has 1 aromatic heterocycles. The van der Waals surface area contributed by atoms with E-state index < -0.39 is 11.6 Å². The Morgan fingerprint density at radius 3 is 2.54 bits per heavy atom. The maximum Gasteiger partial charge on any atom is 0.410 e. The summed E-state index contributed by atoms with van der Waals surface area (Å²) in [5, 5.41) is 9.36. The number of hydrogen-bond acceptors (Lipinski definition) is 5. The van der Waals surface area contributed by atoms with Crippen LogP contribution in [-0.4, -0.2) is 58.8 Å². The minimum absolute atomic E-state index is 0.256. The zero-order valence-corrected chi connectivity index (χ0v) is 16.1. The van der Waals surface area contributed by atoms with Gasteiger partial charge in [-0.25, -0.2) is 14.6 Å². The average molecular weight is 363 g/mol. The second-order valence-electron chi connectivity index (χ2n) is 7.57. The lowest BCUT2D eigenvalue weighted by molar-refractivity contribution is 0.0263. The highest BCUT2D eigenvalue weighted by molar-refractivity contribution is 5.88. The number of carbonyl (C=O) groups excluding carboxylic acids is 1. The van der Waals surface area contributed by atoms with Crippen molar-refractivity contribution >= 4 is 17.9 Å².